The third-order valence-electron chi connectivity index (χ3n) is 0.944. The number of carboxylic acid groups (broad SMARTS) is 1. The van der Waals surface area contributed by atoms with Crippen molar-refractivity contribution < 1.29 is 9.90 Å². The number of aliphatic carboxylic acids is 1. The van der Waals surface area contributed by atoms with E-state index in [1.54, 1.807) is 20.8 Å². The molecule has 0 fully saturated rings. The molecule has 0 saturated heterocycles. The Bertz CT molecular complexity index is 161. The van der Waals surface area contributed by atoms with Gasteiger partial charge in [-0.15, -0.1) is 11.8 Å². The maximum absolute atomic E-state index is 10.5. The molecule has 0 spiro atoms. The van der Waals surface area contributed by atoms with Gasteiger partial charge in [0.15, 0.2) is 0 Å². The third kappa shape index (κ3) is 2.92. The van der Waals surface area contributed by atoms with E-state index in [4.69, 9.17) is 5.11 Å². The highest BCUT2D eigenvalue weighted by molar-refractivity contribution is 8.04. The Morgan fingerprint density at radius 1 is 1.60 bits per heavy atom. The van der Waals surface area contributed by atoms with Gasteiger partial charge in [-0.1, -0.05) is 6.58 Å². The number of hydrogen-bond acceptors (Lipinski definition) is 2. The van der Waals surface area contributed by atoms with E-state index in [2.05, 4.69) is 6.58 Å². The number of thioether (sulfide) groups is 1. The van der Waals surface area contributed by atoms with Gasteiger partial charge < -0.3 is 5.11 Å². The van der Waals surface area contributed by atoms with E-state index in [1.807, 2.05) is 0 Å². The molecule has 10 heavy (non-hydrogen) atoms. The Labute approximate surface area is 65.3 Å². The minimum Gasteiger partial charge on any atom is -0.480 e. The third-order valence-corrected chi connectivity index (χ3v) is 1.98. The lowest BCUT2D eigenvalue weighted by Crippen LogP contribution is -2.26. The van der Waals surface area contributed by atoms with Crippen LogP contribution < -0.4 is 0 Å². The fraction of sp³-hybridized carbons (Fsp3) is 0.571. The van der Waals surface area contributed by atoms with E-state index in [1.165, 1.54) is 11.8 Å². The topological polar surface area (TPSA) is 37.3 Å². The van der Waals surface area contributed by atoms with Crippen LogP contribution in [0.4, 0.5) is 0 Å². The molecule has 0 aliphatic carbocycles. The Morgan fingerprint density at radius 2 is 2.00 bits per heavy atom. The Kier molecular flexibility index (Phi) is 2.96. The van der Waals surface area contributed by atoms with Crippen LogP contribution >= 0.6 is 11.8 Å². The van der Waals surface area contributed by atoms with Crippen LogP contribution in [0.25, 0.3) is 0 Å². The van der Waals surface area contributed by atoms with Gasteiger partial charge in [-0.25, -0.2) is 0 Å². The van der Waals surface area contributed by atoms with Gasteiger partial charge in [0, 0.05) is 0 Å². The number of rotatable bonds is 3. The van der Waals surface area contributed by atoms with Crippen molar-refractivity contribution in [2.45, 2.75) is 25.5 Å². The number of carbonyl (C=O) groups is 1. The molecule has 0 rings (SSSR count). The van der Waals surface area contributed by atoms with Crippen LogP contribution in [-0.4, -0.2) is 15.8 Å². The van der Waals surface area contributed by atoms with Crippen LogP contribution in [0.2, 0.25) is 0 Å². The second-order valence-electron chi connectivity index (χ2n) is 2.62. The molecule has 0 atom stereocenters. The monoisotopic (exact) mass is 160 g/mol. The van der Waals surface area contributed by atoms with Gasteiger partial charge in [-0.05, 0) is 25.7 Å². The zero-order chi connectivity index (χ0) is 8.36. The normalized spacial score (nSPS) is 11.1. The van der Waals surface area contributed by atoms with E-state index in [0.29, 0.717) is 0 Å². The fourth-order valence-corrected chi connectivity index (χ4v) is 1.44. The maximum Gasteiger partial charge on any atom is 0.319 e. The quantitative estimate of drug-likeness (QED) is 0.687. The molecule has 0 saturated carbocycles. The predicted molar refractivity (Wildman–Crippen MR) is 44.1 cm³/mol. The van der Waals surface area contributed by atoms with Gasteiger partial charge in [-0.2, -0.15) is 0 Å². The van der Waals surface area contributed by atoms with Crippen LogP contribution in [0.15, 0.2) is 11.5 Å². The molecule has 0 unspecified atom stereocenters. The van der Waals surface area contributed by atoms with Crippen LogP contribution in [-0.2, 0) is 4.79 Å². The summed E-state index contributed by atoms with van der Waals surface area (Å²) in [4.78, 5) is 11.3. The van der Waals surface area contributed by atoms with Crippen molar-refractivity contribution >= 4 is 17.7 Å². The lowest BCUT2D eigenvalue weighted by molar-refractivity contribution is -0.138. The largest absolute Gasteiger partial charge is 0.480 e. The first-order chi connectivity index (χ1) is 4.36. The van der Waals surface area contributed by atoms with Gasteiger partial charge in [0.25, 0.3) is 0 Å². The van der Waals surface area contributed by atoms with E-state index in [0.717, 1.165) is 4.91 Å². The summed E-state index contributed by atoms with van der Waals surface area (Å²) in [6.45, 7) is 8.75. The van der Waals surface area contributed by atoms with Crippen molar-refractivity contribution in [1.82, 2.24) is 0 Å². The maximum atomic E-state index is 10.5. The van der Waals surface area contributed by atoms with Crippen LogP contribution in [0.5, 0.6) is 0 Å². The fourth-order valence-electron chi connectivity index (χ4n) is 0.479. The molecular weight excluding hydrogens is 148 g/mol. The minimum absolute atomic E-state index is 0.744. The summed E-state index contributed by atoms with van der Waals surface area (Å²) < 4.78 is -0.744. The van der Waals surface area contributed by atoms with Gasteiger partial charge in [0.2, 0.25) is 0 Å². The highest BCUT2D eigenvalue weighted by atomic mass is 32.2. The molecule has 1 N–H and O–H groups in total. The van der Waals surface area contributed by atoms with Crippen LogP contribution in [0.3, 0.4) is 0 Å². The Balaban J connectivity index is 4.13. The van der Waals surface area contributed by atoms with Crippen molar-refractivity contribution in [2.24, 2.45) is 0 Å². The molecule has 58 valence electrons. The number of carboxylic acids is 1. The smallest absolute Gasteiger partial charge is 0.319 e. The van der Waals surface area contributed by atoms with Crippen molar-refractivity contribution in [3.63, 3.8) is 0 Å². The van der Waals surface area contributed by atoms with Gasteiger partial charge in [0.1, 0.15) is 4.75 Å². The van der Waals surface area contributed by atoms with E-state index in [9.17, 15) is 4.79 Å². The average molecular weight is 160 g/mol. The summed E-state index contributed by atoms with van der Waals surface area (Å²) in [5.41, 5.74) is 0. The van der Waals surface area contributed by atoms with Crippen molar-refractivity contribution in [3.8, 4) is 0 Å². The molecular formula is C7H12O2S. The van der Waals surface area contributed by atoms with Crippen LogP contribution in [0.1, 0.15) is 20.8 Å². The summed E-state index contributed by atoms with van der Waals surface area (Å²) in [6, 6.07) is 0. The minimum atomic E-state index is -0.805. The summed E-state index contributed by atoms with van der Waals surface area (Å²) in [5, 5.41) is 8.63. The van der Waals surface area contributed by atoms with E-state index < -0.39 is 10.7 Å². The van der Waals surface area contributed by atoms with Gasteiger partial charge in [0.05, 0.1) is 0 Å². The van der Waals surface area contributed by atoms with E-state index in [-0.39, 0.29) is 0 Å². The molecule has 0 aliphatic rings. The summed E-state index contributed by atoms with van der Waals surface area (Å²) in [5.74, 6) is -0.805. The van der Waals surface area contributed by atoms with Crippen molar-refractivity contribution in [2.75, 3.05) is 0 Å². The zero-order valence-corrected chi connectivity index (χ0v) is 7.29. The molecule has 0 aromatic heterocycles. The molecule has 0 radical (unpaired) electrons. The molecule has 0 aromatic carbocycles. The first-order valence-electron chi connectivity index (χ1n) is 2.94. The zero-order valence-electron chi connectivity index (χ0n) is 6.47. The highest BCUT2D eigenvalue weighted by Gasteiger charge is 2.27. The first kappa shape index (κ1) is 9.56. The van der Waals surface area contributed by atoms with Crippen molar-refractivity contribution in [3.05, 3.63) is 11.5 Å². The Morgan fingerprint density at radius 3 is 2.10 bits per heavy atom. The molecule has 0 aromatic rings. The second-order valence-corrected chi connectivity index (χ2v) is 4.54. The van der Waals surface area contributed by atoms with Crippen molar-refractivity contribution in [1.29, 1.82) is 0 Å². The molecule has 0 bridgehead atoms. The number of allylic oxidation sites excluding steroid dienone is 1. The summed E-state index contributed by atoms with van der Waals surface area (Å²) >= 11 is 1.27. The summed E-state index contributed by atoms with van der Waals surface area (Å²) in [7, 11) is 0. The lowest BCUT2D eigenvalue weighted by atomic mass is 10.2. The molecule has 2 nitrogen and oxygen atoms in total. The summed E-state index contributed by atoms with van der Waals surface area (Å²) in [6.07, 6.45) is 0. The van der Waals surface area contributed by atoms with Crippen LogP contribution in [0, 0.1) is 0 Å². The molecule has 0 heterocycles. The molecule has 0 amide bonds. The standard InChI is InChI=1S/C7H12O2S/c1-5(2)10-7(3,4)6(8)9/h1H2,2-4H3,(H,8,9). The predicted octanol–water partition coefficient (Wildman–Crippen LogP) is 2.12. The highest BCUT2D eigenvalue weighted by Crippen LogP contribution is 2.29. The van der Waals surface area contributed by atoms with Gasteiger partial charge >= 0.3 is 5.97 Å². The number of hydrogen-bond donors (Lipinski definition) is 1. The SMILES string of the molecule is C=C(C)SC(C)(C)C(=O)O. The second kappa shape index (κ2) is 3.10. The van der Waals surface area contributed by atoms with E-state index >= 15 is 0 Å². The first-order valence-corrected chi connectivity index (χ1v) is 3.76. The lowest BCUT2D eigenvalue weighted by Gasteiger charge is -2.17. The average Bonchev–Trinajstić information content (AvgIpc) is 1.60. The Hall–Kier alpha value is -0.440. The molecule has 3 heteroatoms. The molecule has 0 aliphatic heterocycles. The van der Waals surface area contributed by atoms with Gasteiger partial charge in [-0.3, -0.25) is 4.79 Å².